The molecular weight excluding hydrogens is 357 g/mol. The lowest BCUT2D eigenvalue weighted by Crippen LogP contribution is -2.25. The third-order valence-electron chi connectivity index (χ3n) is 4.34. The van der Waals surface area contributed by atoms with Crippen LogP contribution in [-0.4, -0.2) is 15.7 Å². The molecule has 0 aliphatic rings. The zero-order valence-corrected chi connectivity index (χ0v) is 15.2. The number of aryl methyl sites for hydroxylation is 1. The summed E-state index contributed by atoms with van der Waals surface area (Å²) in [6, 6.07) is 19.1. The lowest BCUT2D eigenvalue weighted by molar-refractivity contribution is 0.0940. The highest BCUT2D eigenvalue weighted by atomic mass is 19.1. The highest BCUT2D eigenvalue weighted by Gasteiger charge is 2.19. The van der Waals surface area contributed by atoms with Gasteiger partial charge in [0, 0.05) is 5.56 Å². The summed E-state index contributed by atoms with van der Waals surface area (Å²) in [7, 11) is 0. The van der Waals surface area contributed by atoms with E-state index in [0.717, 1.165) is 11.3 Å². The highest BCUT2D eigenvalue weighted by molar-refractivity contribution is 5.94. The number of benzene rings is 2. The topological polar surface area (TPSA) is 60.1 Å². The van der Waals surface area contributed by atoms with Crippen LogP contribution >= 0.6 is 0 Å². The van der Waals surface area contributed by atoms with E-state index in [2.05, 4.69) is 10.4 Å². The van der Waals surface area contributed by atoms with Gasteiger partial charge in [-0.15, -0.1) is 0 Å². The standard InChI is InChI=1S/C22H18FN3O2/c1-15-6-4-7-16(12-15)26-21(22(27)24-14-17-8-5-11-28-17)13-20(25-26)18-9-2-3-10-19(18)23/h2-13H,14H2,1H3,(H,24,27). The van der Waals surface area contributed by atoms with Gasteiger partial charge < -0.3 is 9.73 Å². The molecule has 0 aliphatic heterocycles. The highest BCUT2D eigenvalue weighted by Crippen LogP contribution is 2.24. The first-order valence-electron chi connectivity index (χ1n) is 8.84. The van der Waals surface area contributed by atoms with E-state index in [9.17, 15) is 9.18 Å². The molecule has 4 aromatic rings. The fourth-order valence-electron chi connectivity index (χ4n) is 2.97. The molecule has 140 valence electrons. The van der Waals surface area contributed by atoms with Gasteiger partial charge in [-0.25, -0.2) is 9.07 Å². The van der Waals surface area contributed by atoms with Crippen molar-refractivity contribution in [2.24, 2.45) is 0 Å². The first kappa shape index (κ1) is 17.7. The average Bonchev–Trinajstić information content (AvgIpc) is 3.36. The molecule has 0 spiro atoms. The summed E-state index contributed by atoms with van der Waals surface area (Å²) < 4.78 is 21.0. The van der Waals surface area contributed by atoms with Gasteiger partial charge in [0.2, 0.25) is 0 Å². The molecule has 6 heteroatoms. The van der Waals surface area contributed by atoms with E-state index in [-0.39, 0.29) is 18.3 Å². The molecule has 0 bridgehead atoms. The second-order valence-electron chi connectivity index (χ2n) is 6.41. The number of hydrogen-bond donors (Lipinski definition) is 1. The Morgan fingerprint density at radius 3 is 2.71 bits per heavy atom. The molecule has 0 saturated heterocycles. The van der Waals surface area contributed by atoms with Gasteiger partial charge in [-0.3, -0.25) is 4.79 Å². The van der Waals surface area contributed by atoms with Gasteiger partial charge in [-0.05, 0) is 55.0 Å². The smallest absolute Gasteiger partial charge is 0.270 e. The number of hydrogen-bond acceptors (Lipinski definition) is 3. The van der Waals surface area contributed by atoms with E-state index in [4.69, 9.17) is 4.42 Å². The lowest BCUT2D eigenvalue weighted by Gasteiger charge is -2.08. The van der Waals surface area contributed by atoms with Gasteiger partial charge in [-0.2, -0.15) is 5.10 Å². The van der Waals surface area contributed by atoms with Crippen LogP contribution in [0.2, 0.25) is 0 Å². The molecule has 0 atom stereocenters. The van der Waals surface area contributed by atoms with Gasteiger partial charge in [0.05, 0.1) is 24.2 Å². The summed E-state index contributed by atoms with van der Waals surface area (Å²) in [4.78, 5) is 12.8. The Labute approximate surface area is 161 Å². The van der Waals surface area contributed by atoms with Crippen LogP contribution in [0.4, 0.5) is 4.39 Å². The van der Waals surface area contributed by atoms with Crippen LogP contribution in [0.25, 0.3) is 16.9 Å². The molecule has 2 aromatic heterocycles. The van der Waals surface area contributed by atoms with Crippen LogP contribution in [0, 0.1) is 12.7 Å². The number of furan rings is 1. The molecule has 0 unspecified atom stereocenters. The molecule has 2 aromatic carbocycles. The fourth-order valence-corrected chi connectivity index (χ4v) is 2.97. The van der Waals surface area contributed by atoms with Crippen molar-refractivity contribution in [1.29, 1.82) is 0 Å². The maximum Gasteiger partial charge on any atom is 0.270 e. The summed E-state index contributed by atoms with van der Waals surface area (Å²) >= 11 is 0. The Kier molecular flexibility index (Phi) is 4.76. The van der Waals surface area contributed by atoms with Crippen LogP contribution in [-0.2, 0) is 6.54 Å². The fraction of sp³-hybridized carbons (Fsp3) is 0.0909. The van der Waals surface area contributed by atoms with Crippen molar-refractivity contribution in [3.63, 3.8) is 0 Å². The minimum absolute atomic E-state index is 0.250. The van der Waals surface area contributed by atoms with E-state index in [0.29, 0.717) is 22.7 Å². The molecule has 1 N–H and O–H groups in total. The Bertz CT molecular complexity index is 1120. The second-order valence-corrected chi connectivity index (χ2v) is 6.41. The van der Waals surface area contributed by atoms with Crippen molar-refractivity contribution >= 4 is 5.91 Å². The molecule has 0 radical (unpaired) electrons. The summed E-state index contributed by atoms with van der Waals surface area (Å²) in [6.07, 6.45) is 1.55. The number of rotatable bonds is 5. The van der Waals surface area contributed by atoms with Crippen molar-refractivity contribution in [3.8, 4) is 16.9 Å². The van der Waals surface area contributed by atoms with E-state index in [1.54, 1.807) is 42.7 Å². The quantitative estimate of drug-likeness (QED) is 0.558. The molecular formula is C22H18FN3O2. The van der Waals surface area contributed by atoms with Gasteiger partial charge in [0.25, 0.3) is 5.91 Å². The number of amides is 1. The van der Waals surface area contributed by atoms with Crippen molar-refractivity contribution < 1.29 is 13.6 Å². The zero-order chi connectivity index (χ0) is 19.5. The van der Waals surface area contributed by atoms with Crippen molar-refractivity contribution in [2.45, 2.75) is 13.5 Å². The normalized spacial score (nSPS) is 10.8. The van der Waals surface area contributed by atoms with Crippen molar-refractivity contribution in [2.75, 3.05) is 0 Å². The zero-order valence-electron chi connectivity index (χ0n) is 15.2. The van der Waals surface area contributed by atoms with Crippen molar-refractivity contribution in [1.82, 2.24) is 15.1 Å². The Balaban J connectivity index is 1.74. The summed E-state index contributed by atoms with van der Waals surface area (Å²) in [5.41, 5.74) is 2.81. The van der Waals surface area contributed by atoms with Crippen LogP contribution in [0.3, 0.4) is 0 Å². The maximum absolute atomic E-state index is 14.3. The maximum atomic E-state index is 14.3. The van der Waals surface area contributed by atoms with Gasteiger partial charge in [0.15, 0.2) is 0 Å². The van der Waals surface area contributed by atoms with E-state index in [1.165, 1.54) is 10.7 Å². The molecule has 4 rings (SSSR count). The van der Waals surface area contributed by atoms with Crippen LogP contribution in [0.15, 0.2) is 77.4 Å². The largest absolute Gasteiger partial charge is 0.467 e. The minimum Gasteiger partial charge on any atom is -0.467 e. The van der Waals surface area contributed by atoms with Crippen LogP contribution < -0.4 is 5.32 Å². The molecule has 5 nitrogen and oxygen atoms in total. The summed E-state index contributed by atoms with van der Waals surface area (Å²) in [5.74, 6) is -0.0729. The third-order valence-corrected chi connectivity index (χ3v) is 4.34. The lowest BCUT2D eigenvalue weighted by atomic mass is 10.1. The van der Waals surface area contributed by atoms with E-state index >= 15 is 0 Å². The van der Waals surface area contributed by atoms with Crippen LogP contribution in [0.5, 0.6) is 0 Å². The first-order valence-corrected chi connectivity index (χ1v) is 8.84. The monoisotopic (exact) mass is 375 g/mol. The second kappa shape index (κ2) is 7.52. The number of carbonyl (C=O) groups is 1. The van der Waals surface area contributed by atoms with Gasteiger partial charge in [-0.1, -0.05) is 24.3 Å². The Morgan fingerprint density at radius 1 is 1.11 bits per heavy atom. The molecule has 0 aliphatic carbocycles. The van der Waals surface area contributed by atoms with E-state index < -0.39 is 0 Å². The molecule has 0 fully saturated rings. The van der Waals surface area contributed by atoms with Gasteiger partial charge >= 0.3 is 0 Å². The number of nitrogens with one attached hydrogen (secondary N) is 1. The SMILES string of the molecule is Cc1cccc(-n2nc(-c3ccccc3F)cc2C(=O)NCc2ccco2)c1. The molecule has 28 heavy (non-hydrogen) atoms. The number of halogens is 1. The average molecular weight is 375 g/mol. The summed E-state index contributed by atoms with van der Waals surface area (Å²) in [6.45, 7) is 2.21. The molecule has 2 heterocycles. The van der Waals surface area contributed by atoms with Crippen LogP contribution in [0.1, 0.15) is 21.8 Å². The Morgan fingerprint density at radius 2 is 1.96 bits per heavy atom. The van der Waals surface area contributed by atoms with E-state index in [1.807, 2.05) is 31.2 Å². The predicted molar refractivity (Wildman–Crippen MR) is 104 cm³/mol. The number of aromatic nitrogens is 2. The number of carbonyl (C=O) groups excluding carboxylic acids is 1. The van der Waals surface area contributed by atoms with Gasteiger partial charge in [0.1, 0.15) is 17.3 Å². The Hall–Kier alpha value is -3.67. The molecule has 1 amide bonds. The van der Waals surface area contributed by atoms with Crippen molar-refractivity contribution in [3.05, 3.63) is 95.8 Å². The predicted octanol–water partition coefficient (Wildman–Crippen LogP) is 4.51. The minimum atomic E-state index is -0.390. The first-order chi connectivity index (χ1) is 13.6. The number of nitrogens with zero attached hydrogens (tertiary/aromatic N) is 2. The molecule has 0 saturated carbocycles. The summed E-state index contributed by atoms with van der Waals surface area (Å²) in [5, 5.41) is 7.33. The third kappa shape index (κ3) is 3.57.